The van der Waals surface area contributed by atoms with Crippen LogP contribution >= 0.6 is 39.1 Å². The molecule has 2 aromatic carbocycles. The largest absolute Gasteiger partial charge is 0.504 e. The van der Waals surface area contributed by atoms with Gasteiger partial charge in [-0.05, 0) is 42.0 Å². The molecule has 0 saturated heterocycles. The number of hydrogen-bond donors (Lipinski definition) is 1. The van der Waals surface area contributed by atoms with Crippen LogP contribution in [0.5, 0.6) is 5.75 Å². The zero-order valence-corrected chi connectivity index (χ0v) is 14.3. The SMILES string of the molecule is Oc1c(Cl)cc(Cl)c2ccc(/C=C/c3ccc(Br)cc3)nc12. The van der Waals surface area contributed by atoms with E-state index in [9.17, 15) is 5.11 Å². The van der Waals surface area contributed by atoms with Crippen LogP contribution in [0.15, 0.2) is 46.9 Å². The second-order valence-electron chi connectivity index (χ2n) is 4.71. The van der Waals surface area contributed by atoms with Crippen molar-refractivity contribution in [3.05, 3.63) is 68.2 Å². The summed E-state index contributed by atoms with van der Waals surface area (Å²) in [5.74, 6) is -0.0556. The van der Waals surface area contributed by atoms with Gasteiger partial charge in [0, 0.05) is 9.86 Å². The summed E-state index contributed by atoms with van der Waals surface area (Å²) in [5, 5.41) is 11.4. The molecule has 0 atom stereocenters. The zero-order chi connectivity index (χ0) is 15.7. The number of hydrogen-bond acceptors (Lipinski definition) is 2. The van der Waals surface area contributed by atoms with Crippen LogP contribution in [0.25, 0.3) is 23.1 Å². The summed E-state index contributed by atoms with van der Waals surface area (Å²) in [5.41, 5.74) is 2.16. The average molecular weight is 395 g/mol. The standard InChI is InChI=1S/C17H10BrCl2NO/c18-11-4-1-10(2-5-11)3-6-12-7-8-13-14(19)9-15(20)17(22)16(13)21-12/h1-9,22H/b6-3+. The highest BCUT2D eigenvalue weighted by molar-refractivity contribution is 9.10. The average Bonchev–Trinajstić information content (AvgIpc) is 2.52. The van der Waals surface area contributed by atoms with E-state index in [1.165, 1.54) is 6.07 Å². The lowest BCUT2D eigenvalue weighted by atomic mass is 10.1. The minimum Gasteiger partial charge on any atom is -0.504 e. The van der Waals surface area contributed by atoms with Gasteiger partial charge in [-0.15, -0.1) is 0 Å². The first kappa shape index (κ1) is 15.3. The summed E-state index contributed by atoms with van der Waals surface area (Å²) in [6.45, 7) is 0. The normalized spacial score (nSPS) is 11.4. The van der Waals surface area contributed by atoms with Crippen LogP contribution < -0.4 is 0 Å². The van der Waals surface area contributed by atoms with Crippen molar-refractivity contribution in [3.8, 4) is 5.75 Å². The number of aromatic nitrogens is 1. The minimum atomic E-state index is -0.0556. The first-order chi connectivity index (χ1) is 10.5. The predicted octanol–water partition coefficient (Wildman–Crippen LogP) is 6.18. The molecule has 2 nitrogen and oxygen atoms in total. The quantitative estimate of drug-likeness (QED) is 0.562. The van der Waals surface area contributed by atoms with Crippen LogP contribution in [0.1, 0.15) is 11.3 Å². The van der Waals surface area contributed by atoms with Gasteiger partial charge in [0.25, 0.3) is 0 Å². The fourth-order valence-corrected chi connectivity index (χ4v) is 2.85. The zero-order valence-electron chi connectivity index (χ0n) is 11.2. The van der Waals surface area contributed by atoms with Gasteiger partial charge in [-0.25, -0.2) is 4.98 Å². The molecule has 22 heavy (non-hydrogen) atoms. The van der Waals surface area contributed by atoms with Crippen molar-refractivity contribution in [2.45, 2.75) is 0 Å². The molecule has 1 aromatic heterocycles. The monoisotopic (exact) mass is 393 g/mol. The Morgan fingerprint density at radius 1 is 0.955 bits per heavy atom. The topological polar surface area (TPSA) is 33.1 Å². The molecule has 1 N–H and O–H groups in total. The number of phenolic OH excluding ortho intramolecular Hbond substituents is 1. The van der Waals surface area contributed by atoms with Crippen LogP contribution in [0.3, 0.4) is 0 Å². The molecule has 0 saturated carbocycles. The highest BCUT2D eigenvalue weighted by Crippen LogP contribution is 2.36. The molecule has 0 spiro atoms. The lowest BCUT2D eigenvalue weighted by Gasteiger charge is -2.05. The molecule has 0 amide bonds. The Balaban J connectivity index is 2.01. The smallest absolute Gasteiger partial charge is 0.160 e. The van der Waals surface area contributed by atoms with Crippen molar-refractivity contribution < 1.29 is 5.11 Å². The maximum absolute atomic E-state index is 10.0. The van der Waals surface area contributed by atoms with Gasteiger partial charge in [-0.1, -0.05) is 57.3 Å². The highest BCUT2D eigenvalue weighted by atomic mass is 79.9. The van der Waals surface area contributed by atoms with Gasteiger partial charge in [0.05, 0.1) is 15.7 Å². The van der Waals surface area contributed by atoms with E-state index < -0.39 is 0 Å². The Labute approximate surface area is 146 Å². The predicted molar refractivity (Wildman–Crippen MR) is 96.5 cm³/mol. The molecule has 0 radical (unpaired) electrons. The molecular weight excluding hydrogens is 385 g/mol. The number of rotatable bonds is 2. The van der Waals surface area contributed by atoms with E-state index in [0.29, 0.717) is 21.6 Å². The minimum absolute atomic E-state index is 0.0556. The number of aromatic hydroxyl groups is 1. The number of pyridine rings is 1. The Morgan fingerprint density at radius 2 is 1.68 bits per heavy atom. The third-order valence-electron chi connectivity index (χ3n) is 3.19. The summed E-state index contributed by atoms with van der Waals surface area (Å²) in [4.78, 5) is 4.41. The summed E-state index contributed by atoms with van der Waals surface area (Å²) >= 11 is 15.5. The van der Waals surface area contributed by atoms with Crippen molar-refractivity contribution in [3.63, 3.8) is 0 Å². The first-order valence-corrected chi connectivity index (χ1v) is 8.01. The van der Waals surface area contributed by atoms with Gasteiger partial charge in [0.15, 0.2) is 5.75 Å². The number of benzene rings is 2. The Morgan fingerprint density at radius 3 is 2.41 bits per heavy atom. The molecule has 0 unspecified atom stereocenters. The highest BCUT2D eigenvalue weighted by Gasteiger charge is 2.10. The van der Waals surface area contributed by atoms with Crippen LogP contribution in [0.2, 0.25) is 10.0 Å². The van der Waals surface area contributed by atoms with Gasteiger partial charge in [-0.2, -0.15) is 0 Å². The van der Waals surface area contributed by atoms with Gasteiger partial charge in [0.1, 0.15) is 5.52 Å². The summed E-state index contributed by atoms with van der Waals surface area (Å²) in [6, 6.07) is 13.1. The molecular formula is C17H10BrCl2NO. The van der Waals surface area contributed by atoms with Crippen molar-refractivity contribution in [1.82, 2.24) is 4.98 Å². The van der Waals surface area contributed by atoms with E-state index >= 15 is 0 Å². The van der Waals surface area contributed by atoms with Crippen molar-refractivity contribution in [2.75, 3.05) is 0 Å². The van der Waals surface area contributed by atoms with Gasteiger partial charge < -0.3 is 5.11 Å². The molecule has 0 bridgehead atoms. The van der Waals surface area contributed by atoms with Gasteiger partial charge in [-0.3, -0.25) is 0 Å². The molecule has 0 fully saturated rings. The molecule has 110 valence electrons. The lowest BCUT2D eigenvalue weighted by Crippen LogP contribution is -1.86. The molecule has 3 rings (SSSR count). The van der Waals surface area contributed by atoms with E-state index in [1.807, 2.05) is 48.6 Å². The third-order valence-corrected chi connectivity index (χ3v) is 4.32. The molecule has 0 aliphatic rings. The van der Waals surface area contributed by atoms with Gasteiger partial charge in [0.2, 0.25) is 0 Å². The van der Waals surface area contributed by atoms with E-state index in [-0.39, 0.29) is 10.8 Å². The Kier molecular flexibility index (Phi) is 4.39. The molecule has 0 aliphatic carbocycles. The number of nitrogens with zero attached hydrogens (tertiary/aromatic N) is 1. The lowest BCUT2D eigenvalue weighted by molar-refractivity contribution is 0.480. The maximum Gasteiger partial charge on any atom is 0.160 e. The van der Waals surface area contributed by atoms with Crippen LogP contribution in [0, 0.1) is 0 Å². The molecule has 3 aromatic rings. The van der Waals surface area contributed by atoms with Crippen molar-refractivity contribution in [1.29, 1.82) is 0 Å². The van der Waals surface area contributed by atoms with Crippen molar-refractivity contribution in [2.24, 2.45) is 0 Å². The van der Waals surface area contributed by atoms with Crippen molar-refractivity contribution >= 4 is 62.2 Å². The summed E-state index contributed by atoms with van der Waals surface area (Å²) in [6.07, 6.45) is 3.82. The van der Waals surface area contributed by atoms with E-state index in [4.69, 9.17) is 23.2 Å². The van der Waals surface area contributed by atoms with E-state index in [0.717, 1.165) is 10.0 Å². The third kappa shape index (κ3) is 3.12. The molecule has 1 heterocycles. The first-order valence-electron chi connectivity index (χ1n) is 6.46. The number of phenols is 1. The number of fused-ring (bicyclic) bond motifs is 1. The second kappa shape index (κ2) is 6.29. The van der Waals surface area contributed by atoms with Crippen LogP contribution in [0.4, 0.5) is 0 Å². The summed E-state index contributed by atoms with van der Waals surface area (Å²) in [7, 11) is 0. The molecule has 0 aliphatic heterocycles. The fraction of sp³-hybridized carbons (Fsp3) is 0. The Bertz CT molecular complexity index is 876. The maximum atomic E-state index is 10.0. The molecule has 5 heteroatoms. The fourth-order valence-electron chi connectivity index (χ4n) is 2.07. The van der Waals surface area contributed by atoms with Gasteiger partial charge >= 0.3 is 0 Å². The number of halogens is 3. The summed E-state index contributed by atoms with van der Waals surface area (Å²) < 4.78 is 1.03. The van der Waals surface area contributed by atoms with E-state index in [2.05, 4.69) is 20.9 Å². The van der Waals surface area contributed by atoms with E-state index in [1.54, 1.807) is 0 Å². The van der Waals surface area contributed by atoms with Crippen LogP contribution in [-0.2, 0) is 0 Å². The Hall–Kier alpha value is -1.55. The second-order valence-corrected chi connectivity index (χ2v) is 6.44. The van der Waals surface area contributed by atoms with Crippen LogP contribution in [-0.4, -0.2) is 10.1 Å².